The van der Waals surface area contributed by atoms with Gasteiger partial charge in [-0.05, 0) is 44.4 Å². The van der Waals surface area contributed by atoms with Crippen LogP contribution in [0.3, 0.4) is 0 Å². The van der Waals surface area contributed by atoms with Gasteiger partial charge in [0.2, 0.25) is 5.52 Å². The fraction of sp³-hybridized carbons (Fsp3) is 0.452. The summed E-state index contributed by atoms with van der Waals surface area (Å²) in [5.74, 6) is 0. The molecule has 0 spiro atoms. The molecule has 1 aliphatic heterocycles. The predicted molar refractivity (Wildman–Crippen MR) is 144 cm³/mol. The zero-order valence-corrected chi connectivity index (χ0v) is 21.4. The monoisotopic (exact) mass is 456 g/mol. The van der Waals surface area contributed by atoms with Crippen molar-refractivity contribution in [1.82, 2.24) is 4.90 Å². The van der Waals surface area contributed by atoms with Crippen molar-refractivity contribution in [2.75, 3.05) is 6.54 Å². The molecule has 0 bridgehead atoms. The van der Waals surface area contributed by atoms with Crippen LogP contribution in [0.1, 0.15) is 69.5 Å². The Hall–Kier alpha value is -2.81. The zero-order valence-electron chi connectivity index (χ0n) is 21.4. The fourth-order valence-electron chi connectivity index (χ4n) is 5.61. The van der Waals surface area contributed by atoms with Crippen LogP contribution in [0.15, 0.2) is 77.7 Å². The molecule has 1 aromatic carbocycles. The van der Waals surface area contributed by atoms with Gasteiger partial charge in [-0.3, -0.25) is 0 Å². The molecule has 1 aliphatic carbocycles. The van der Waals surface area contributed by atoms with E-state index in [0.29, 0.717) is 6.04 Å². The van der Waals surface area contributed by atoms with E-state index in [2.05, 4.69) is 91.0 Å². The van der Waals surface area contributed by atoms with Crippen molar-refractivity contribution in [3.63, 3.8) is 0 Å². The van der Waals surface area contributed by atoms with E-state index in [1.54, 1.807) is 0 Å². The number of para-hydroxylation sites is 1. The van der Waals surface area contributed by atoms with Crippen LogP contribution in [0, 0.1) is 13.8 Å². The smallest absolute Gasteiger partial charge is 0.212 e. The van der Waals surface area contributed by atoms with Gasteiger partial charge in [-0.15, -0.1) is 0 Å². The van der Waals surface area contributed by atoms with Crippen LogP contribution < -0.4 is 10.3 Å². The van der Waals surface area contributed by atoms with E-state index in [0.717, 1.165) is 18.8 Å². The standard InChI is InChI=1S/C31H42N3/c1-24-22-25(2)33(30-18-12-10-16-27(24)30)20-14-8-6-4-5-7-9-15-21-34-26(3)23-29(32)28-17-11-13-19-31(28)34/h10-13,16-19,22-23,31H,4-9,14-15,20-21,32H2,1-3H3/q+1. The summed E-state index contributed by atoms with van der Waals surface area (Å²) in [6, 6.07) is 11.5. The largest absolute Gasteiger partial charge is 0.398 e. The van der Waals surface area contributed by atoms with Crippen molar-refractivity contribution in [3.05, 3.63) is 88.9 Å². The van der Waals surface area contributed by atoms with Gasteiger partial charge in [0.1, 0.15) is 6.54 Å². The minimum atomic E-state index is 0.321. The summed E-state index contributed by atoms with van der Waals surface area (Å²) >= 11 is 0. The predicted octanol–water partition coefficient (Wildman–Crippen LogP) is 6.79. The number of aromatic nitrogens is 1. The Labute approximate surface area is 206 Å². The van der Waals surface area contributed by atoms with Crippen molar-refractivity contribution in [2.24, 2.45) is 5.73 Å². The molecule has 0 amide bonds. The van der Waals surface area contributed by atoms with E-state index in [1.807, 2.05) is 0 Å². The first-order valence-corrected chi connectivity index (χ1v) is 13.2. The van der Waals surface area contributed by atoms with Crippen LogP contribution in [0.25, 0.3) is 10.9 Å². The van der Waals surface area contributed by atoms with Crippen LogP contribution >= 0.6 is 0 Å². The van der Waals surface area contributed by atoms with E-state index in [9.17, 15) is 0 Å². The lowest BCUT2D eigenvalue weighted by Gasteiger charge is -2.38. The molecule has 2 heterocycles. The molecular formula is C31H42N3+. The molecule has 1 aromatic heterocycles. The van der Waals surface area contributed by atoms with Crippen molar-refractivity contribution in [1.29, 1.82) is 0 Å². The first kappa shape index (κ1) is 24.3. The molecule has 34 heavy (non-hydrogen) atoms. The van der Waals surface area contributed by atoms with Gasteiger partial charge in [0.05, 0.1) is 6.04 Å². The second-order valence-corrected chi connectivity index (χ2v) is 10.0. The van der Waals surface area contributed by atoms with E-state index in [4.69, 9.17) is 5.73 Å². The van der Waals surface area contributed by atoms with Crippen molar-refractivity contribution >= 4 is 10.9 Å². The Morgan fingerprint density at radius 2 is 1.59 bits per heavy atom. The molecule has 1 atom stereocenters. The summed E-state index contributed by atoms with van der Waals surface area (Å²) in [4.78, 5) is 2.51. The van der Waals surface area contributed by atoms with Crippen LogP contribution in [-0.4, -0.2) is 17.5 Å². The van der Waals surface area contributed by atoms with E-state index >= 15 is 0 Å². The van der Waals surface area contributed by atoms with Crippen molar-refractivity contribution in [2.45, 2.75) is 84.7 Å². The van der Waals surface area contributed by atoms with Gasteiger partial charge in [-0.1, -0.05) is 68.5 Å². The highest BCUT2D eigenvalue weighted by Gasteiger charge is 2.25. The lowest BCUT2D eigenvalue weighted by molar-refractivity contribution is -0.677. The Balaban J connectivity index is 1.11. The number of fused-ring (bicyclic) bond motifs is 2. The third-order valence-corrected chi connectivity index (χ3v) is 7.49. The summed E-state index contributed by atoms with van der Waals surface area (Å²) in [6.07, 6.45) is 21.4. The third kappa shape index (κ3) is 5.63. The molecule has 3 heteroatoms. The molecule has 2 aliphatic rings. The number of benzene rings is 1. The molecule has 0 fully saturated rings. The molecular weight excluding hydrogens is 414 g/mol. The van der Waals surface area contributed by atoms with Gasteiger partial charge in [0, 0.05) is 54.4 Å². The number of unbranched alkanes of at least 4 members (excludes halogenated alkanes) is 7. The second kappa shape index (κ2) is 11.6. The summed E-state index contributed by atoms with van der Waals surface area (Å²) < 4.78 is 2.50. The molecule has 4 rings (SSSR count). The van der Waals surface area contributed by atoms with Gasteiger partial charge >= 0.3 is 0 Å². The highest BCUT2D eigenvalue weighted by Crippen LogP contribution is 2.29. The van der Waals surface area contributed by atoms with Gasteiger partial charge in [0.15, 0.2) is 5.69 Å². The van der Waals surface area contributed by atoms with Crippen LogP contribution in [-0.2, 0) is 6.54 Å². The van der Waals surface area contributed by atoms with Crippen LogP contribution in [0.4, 0.5) is 0 Å². The maximum Gasteiger partial charge on any atom is 0.212 e. The van der Waals surface area contributed by atoms with E-state index < -0.39 is 0 Å². The average molecular weight is 457 g/mol. The molecule has 2 aromatic rings. The van der Waals surface area contributed by atoms with Crippen LogP contribution in [0.2, 0.25) is 0 Å². The maximum atomic E-state index is 6.25. The summed E-state index contributed by atoms with van der Waals surface area (Å²) in [7, 11) is 0. The molecule has 180 valence electrons. The van der Waals surface area contributed by atoms with Crippen molar-refractivity contribution < 1.29 is 4.57 Å². The zero-order chi connectivity index (χ0) is 23.9. The highest BCUT2D eigenvalue weighted by atomic mass is 15.2. The van der Waals surface area contributed by atoms with Crippen molar-refractivity contribution in [3.8, 4) is 0 Å². The first-order chi connectivity index (χ1) is 16.6. The molecule has 3 nitrogen and oxygen atoms in total. The Morgan fingerprint density at radius 3 is 2.38 bits per heavy atom. The minimum absolute atomic E-state index is 0.321. The number of pyridine rings is 1. The summed E-state index contributed by atoms with van der Waals surface area (Å²) in [5.41, 5.74) is 13.8. The van der Waals surface area contributed by atoms with Gasteiger partial charge in [0.25, 0.3) is 0 Å². The second-order valence-electron chi connectivity index (χ2n) is 10.0. The average Bonchev–Trinajstić information content (AvgIpc) is 2.83. The molecule has 2 N–H and O–H groups in total. The summed E-state index contributed by atoms with van der Waals surface area (Å²) in [5, 5.41) is 1.38. The summed E-state index contributed by atoms with van der Waals surface area (Å²) in [6.45, 7) is 8.89. The Bertz CT molecular complexity index is 1120. The van der Waals surface area contributed by atoms with Gasteiger partial charge < -0.3 is 10.6 Å². The van der Waals surface area contributed by atoms with Gasteiger partial charge in [-0.2, -0.15) is 4.57 Å². The lowest BCUT2D eigenvalue weighted by atomic mass is 9.94. The number of allylic oxidation sites excluding steroid dienone is 4. The number of hydrogen-bond donors (Lipinski definition) is 1. The SMILES string of the molecule is CC1=CC(N)=C2C=CC=CC2N1CCCCCCCCCC[n+]1c(C)cc(C)c2ccccc21. The molecule has 0 saturated carbocycles. The fourth-order valence-corrected chi connectivity index (χ4v) is 5.61. The number of hydrogen-bond acceptors (Lipinski definition) is 2. The van der Waals surface area contributed by atoms with Gasteiger partial charge in [-0.25, -0.2) is 0 Å². The first-order valence-electron chi connectivity index (χ1n) is 13.2. The Morgan fingerprint density at radius 1 is 0.882 bits per heavy atom. The number of rotatable bonds is 11. The molecule has 0 radical (unpaired) electrons. The third-order valence-electron chi connectivity index (χ3n) is 7.49. The topological polar surface area (TPSA) is 33.1 Å². The van der Waals surface area contributed by atoms with Crippen LogP contribution in [0.5, 0.6) is 0 Å². The normalized spacial score (nSPS) is 17.4. The maximum absolute atomic E-state index is 6.25. The molecule has 1 unspecified atom stereocenters. The number of aryl methyl sites for hydroxylation is 3. The quantitative estimate of drug-likeness (QED) is 0.298. The molecule has 0 saturated heterocycles. The highest BCUT2D eigenvalue weighted by molar-refractivity contribution is 5.79. The van der Waals surface area contributed by atoms with E-state index in [1.165, 1.54) is 84.8 Å². The number of nitrogens with zero attached hydrogens (tertiary/aromatic N) is 2. The Kier molecular flexibility index (Phi) is 8.26. The van der Waals surface area contributed by atoms with E-state index in [-0.39, 0.29) is 0 Å². The minimum Gasteiger partial charge on any atom is -0.398 e. The number of nitrogens with two attached hydrogens (primary N) is 1. The lowest BCUT2D eigenvalue weighted by Crippen LogP contribution is -2.38.